The van der Waals surface area contributed by atoms with Crippen molar-refractivity contribution < 1.29 is 0 Å². The van der Waals surface area contributed by atoms with Gasteiger partial charge in [0.1, 0.15) is 0 Å². The van der Waals surface area contributed by atoms with Crippen LogP contribution in [0.5, 0.6) is 0 Å². The van der Waals surface area contributed by atoms with Crippen molar-refractivity contribution in [3.05, 3.63) is 210 Å². The van der Waals surface area contributed by atoms with Gasteiger partial charge in [-0.1, -0.05) is 197 Å². The summed E-state index contributed by atoms with van der Waals surface area (Å²) in [4.78, 5) is 2.61. The molecule has 1 nitrogen and oxygen atoms in total. The van der Waals surface area contributed by atoms with E-state index in [1.54, 1.807) is 0 Å². The number of fused-ring (bicyclic) bond motifs is 5. The van der Waals surface area contributed by atoms with Gasteiger partial charge in [0.25, 0.3) is 0 Å². The second-order valence-corrected chi connectivity index (χ2v) is 20.2. The summed E-state index contributed by atoms with van der Waals surface area (Å²) in [5, 5.41) is 0. The van der Waals surface area contributed by atoms with Gasteiger partial charge in [-0.3, -0.25) is 0 Å². The summed E-state index contributed by atoms with van der Waals surface area (Å²) in [5.41, 5.74) is 22.0. The summed E-state index contributed by atoms with van der Waals surface area (Å²) < 4.78 is 0. The normalized spacial score (nSPS) is 19.5. The summed E-state index contributed by atoms with van der Waals surface area (Å²) in [5.74, 6) is 3.05. The first-order valence-corrected chi connectivity index (χ1v) is 24.6. The van der Waals surface area contributed by atoms with Gasteiger partial charge in [-0.2, -0.15) is 0 Å². The molecular weight excluding hydrogens is 783 g/mol. The van der Waals surface area contributed by atoms with E-state index in [0.717, 1.165) is 11.8 Å². The third-order valence-electron chi connectivity index (χ3n) is 16.1. The molecule has 320 valence electrons. The van der Waals surface area contributed by atoms with Crippen molar-refractivity contribution in [2.24, 2.45) is 11.8 Å². The molecule has 1 heteroatoms. The van der Waals surface area contributed by atoms with Crippen LogP contribution in [0.15, 0.2) is 188 Å². The SMILES string of the molecule is CC1(C)c2cccc(-c3ccccc3)c2-c2cc(-c3ccccc3)c(N(c3ccc(-c4ccccc4C4CCCCC4)cc3)c3ccc(C4CC5CCC4C5)cc3)c(-c3ccccc3)c21. The maximum Gasteiger partial charge on any atom is 0.0621 e. The van der Waals surface area contributed by atoms with E-state index in [1.165, 1.54) is 153 Å². The molecule has 4 aliphatic rings. The highest BCUT2D eigenvalue weighted by Crippen LogP contribution is 2.61. The quantitative estimate of drug-likeness (QED) is 0.140. The molecule has 2 bridgehead atoms. The van der Waals surface area contributed by atoms with E-state index < -0.39 is 0 Å². The molecule has 0 saturated heterocycles. The fourth-order valence-corrected chi connectivity index (χ4v) is 13.1. The molecule has 12 rings (SSSR count). The van der Waals surface area contributed by atoms with E-state index in [1.807, 2.05) is 0 Å². The van der Waals surface area contributed by atoms with Gasteiger partial charge < -0.3 is 4.90 Å². The Morgan fingerprint density at radius 2 is 1.03 bits per heavy atom. The Morgan fingerprint density at radius 3 is 1.68 bits per heavy atom. The average molecular weight is 842 g/mol. The van der Waals surface area contributed by atoms with Crippen molar-refractivity contribution in [2.75, 3.05) is 4.90 Å². The number of rotatable bonds is 9. The van der Waals surface area contributed by atoms with Crippen LogP contribution in [0.25, 0.3) is 55.6 Å². The Kier molecular flexibility index (Phi) is 10.2. The van der Waals surface area contributed by atoms with Crippen LogP contribution in [-0.2, 0) is 5.41 Å². The number of hydrogen-bond acceptors (Lipinski definition) is 1. The predicted octanol–water partition coefficient (Wildman–Crippen LogP) is 18.1. The molecule has 0 N–H and O–H groups in total. The topological polar surface area (TPSA) is 3.24 Å². The highest BCUT2D eigenvalue weighted by Gasteiger charge is 2.43. The van der Waals surface area contributed by atoms with Crippen molar-refractivity contribution in [2.45, 2.75) is 88.9 Å². The van der Waals surface area contributed by atoms with Crippen LogP contribution < -0.4 is 4.90 Å². The van der Waals surface area contributed by atoms with Gasteiger partial charge >= 0.3 is 0 Å². The van der Waals surface area contributed by atoms with Crippen LogP contribution in [0.1, 0.15) is 106 Å². The Bertz CT molecular complexity index is 2970. The Balaban J connectivity index is 1.12. The molecular formula is C64H59N. The van der Waals surface area contributed by atoms with E-state index in [2.05, 4.69) is 207 Å². The highest BCUT2D eigenvalue weighted by molar-refractivity contribution is 6.06. The lowest BCUT2D eigenvalue weighted by Crippen LogP contribution is -2.19. The van der Waals surface area contributed by atoms with Crippen LogP contribution in [0, 0.1) is 11.8 Å². The van der Waals surface area contributed by atoms with E-state index >= 15 is 0 Å². The lowest BCUT2D eigenvalue weighted by atomic mass is 9.76. The van der Waals surface area contributed by atoms with Gasteiger partial charge in [-0.25, -0.2) is 0 Å². The molecule has 65 heavy (non-hydrogen) atoms. The maximum absolute atomic E-state index is 2.61. The van der Waals surface area contributed by atoms with Gasteiger partial charge in [-0.05, 0) is 153 Å². The Labute approximate surface area is 386 Å². The summed E-state index contributed by atoms with van der Waals surface area (Å²) in [6.45, 7) is 4.91. The molecule has 0 aromatic heterocycles. The number of nitrogens with zero attached hydrogens (tertiary/aromatic N) is 1. The van der Waals surface area contributed by atoms with Gasteiger partial charge in [0, 0.05) is 27.9 Å². The zero-order valence-corrected chi connectivity index (χ0v) is 38.0. The Hall–Kier alpha value is -6.44. The minimum absolute atomic E-state index is 0.283. The van der Waals surface area contributed by atoms with E-state index in [0.29, 0.717) is 11.8 Å². The minimum Gasteiger partial charge on any atom is -0.309 e. The van der Waals surface area contributed by atoms with Gasteiger partial charge in [0.2, 0.25) is 0 Å². The van der Waals surface area contributed by atoms with Crippen LogP contribution in [0.4, 0.5) is 17.1 Å². The molecule has 0 aliphatic heterocycles. The molecule has 0 spiro atoms. The highest BCUT2D eigenvalue weighted by atomic mass is 15.1. The first kappa shape index (κ1) is 40.1. The second-order valence-electron chi connectivity index (χ2n) is 20.2. The van der Waals surface area contributed by atoms with Gasteiger partial charge in [0.15, 0.2) is 0 Å². The summed E-state index contributed by atoms with van der Waals surface area (Å²) >= 11 is 0. The maximum atomic E-state index is 2.61. The van der Waals surface area contributed by atoms with Gasteiger partial charge in [0.05, 0.1) is 5.69 Å². The van der Waals surface area contributed by atoms with Crippen LogP contribution in [0.2, 0.25) is 0 Å². The summed E-state index contributed by atoms with van der Waals surface area (Å²) in [6.07, 6.45) is 12.2. The van der Waals surface area contributed by atoms with Gasteiger partial charge in [-0.15, -0.1) is 0 Å². The molecule has 3 unspecified atom stereocenters. The fourth-order valence-electron chi connectivity index (χ4n) is 13.1. The zero-order valence-electron chi connectivity index (χ0n) is 38.0. The molecule has 3 fully saturated rings. The standard InChI is InChI=1S/C64H59N/c1-64(2)59-29-17-28-55(45-20-9-4-10-21-45)61(59)58-42-57(46-22-11-5-12-23-46)63(60(62(58)64)49-24-13-6-14-25-49)65(52-38-34-48(35-39-52)56-41-43-30-31-50(56)40-43)51-36-32-47(33-37-51)54-27-16-15-26-53(54)44-18-7-3-8-19-44/h4-6,9-17,20-29,32-39,42-44,50,56H,3,7-8,18-19,30-31,40-41H2,1-2H3. The fraction of sp³-hybridized carbons (Fsp3) is 0.250. The molecule has 8 aromatic carbocycles. The minimum atomic E-state index is -0.283. The molecule has 0 radical (unpaired) electrons. The van der Waals surface area contributed by atoms with Crippen molar-refractivity contribution in [3.8, 4) is 55.6 Å². The number of hydrogen-bond donors (Lipinski definition) is 0. The van der Waals surface area contributed by atoms with Crippen LogP contribution >= 0.6 is 0 Å². The van der Waals surface area contributed by atoms with E-state index in [9.17, 15) is 0 Å². The molecule has 4 aliphatic carbocycles. The second kappa shape index (κ2) is 16.5. The number of benzene rings is 8. The molecule has 3 saturated carbocycles. The smallest absolute Gasteiger partial charge is 0.0621 e. The average Bonchev–Trinajstić information content (AvgIpc) is 4.08. The third kappa shape index (κ3) is 6.98. The van der Waals surface area contributed by atoms with Crippen molar-refractivity contribution >= 4 is 17.1 Å². The lowest BCUT2D eigenvalue weighted by molar-refractivity contribution is 0.420. The summed E-state index contributed by atoms with van der Waals surface area (Å²) in [7, 11) is 0. The van der Waals surface area contributed by atoms with Crippen LogP contribution in [0.3, 0.4) is 0 Å². The van der Waals surface area contributed by atoms with Crippen molar-refractivity contribution in [1.29, 1.82) is 0 Å². The number of anilines is 3. The molecule has 3 atom stereocenters. The monoisotopic (exact) mass is 841 g/mol. The van der Waals surface area contributed by atoms with E-state index in [4.69, 9.17) is 0 Å². The van der Waals surface area contributed by atoms with E-state index in [-0.39, 0.29) is 5.41 Å². The van der Waals surface area contributed by atoms with Crippen LogP contribution in [-0.4, -0.2) is 0 Å². The molecule has 8 aromatic rings. The molecule has 0 heterocycles. The first-order valence-electron chi connectivity index (χ1n) is 24.6. The first-order chi connectivity index (χ1) is 32.0. The predicted molar refractivity (Wildman–Crippen MR) is 274 cm³/mol. The molecule has 0 amide bonds. The lowest BCUT2D eigenvalue weighted by Gasteiger charge is -2.34. The largest absolute Gasteiger partial charge is 0.309 e. The third-order valence-corrected chi connectivity index (χ3v) is 16.1. The zero-order chi connectivity index (χ0) is 43.5. The van der Waals surface area contributed by atoms with Crippen molar-refractivity contribution in [1.82, 2.24) is 0 Å². The van der Waals surface area contributed by atoms with Crippen molar-refractivity contribution in [3.63, 3.8) is 0 Å². The Morgan fingerprint density at radius 1 is 0.446 bits per heavy atom. The summed E-state index contributed by atoms with van der Waals surface area (Å²) in [6, 6.07) is 71.7.